The summed E-state index contributed by atoms with van der Waals surface area (Å²) >= 11 is 1.44. The number of fused-ring (bicyclic) bond motifs is 1. The van der Waals surface area contributed by atoms with E-state index in [9.17, 15) is 15.3 Å². The molecule has 6 atom stereocenters. The number of nitrogens with zero attached hydrogens (tertiary/aromatic N) is 2. The molecule has 2 aliphatic rings. The highest BCUT2D eigenvalue weighted by molar-refractivity contribution is 8.14. The number of amidine groups is 1. The van der Waals surface area contributed by atoms with E-state index in [0.717, 1.165) is 11.7 Å². The van der Waals surface area contributed by atoms with Crippen molar-refractivity contribution in [1.82, 2.24) is 4.90 Å². The quantitative estimate of drug-likeness (QED) is 0.657. The first kappa shape index (κ1) is 15.1. The number of hydrogen-bond acceptors (Lipinski definition) is 7. The second kappa shape index (κ2) is 5.97. The van der Waals surface area contributed by atoms with Crippen molar-refractivity contribution in [2.75, 3.05) is 13.6 Å². The fourth-order valence-electron chi connectivity index (χ4n) is 2.24. The Labute approximate surface area is 117 Å². The third-order valence-electron chi connectivity index (χ3n) is 3.69. The Morgan fingerprint density at radius 1 is 1.37 bits per heavy atom. The Balaban J connectivity index is 2.12. The Kier molecular flexibility index (Phi) is 4.73. The Hall–Kier alpha value is -0.340. The van der Waals surface area contributed by atoms with Gasteiger partial charge in [-0.2, -0.15) is 0 Å². The highest BCUT2D eigenvalue weighted by Gasteiger charge is 2.50. The summed E-state index contributed by atoms with van der Waals surface area (Å²) < 4.78 is 5.73. The fraction of sp³-hybridized carbons (Fsp3) is 0.917. The fourth-order valence-corrected chi connectivity index (χ4v) is 3.49. The molecule has 0 aliphatic carbocycles. The van der Waals surface area contributed by atoms with Gasteiger partial charge in [-0.05, 0) is 13.3 Å². The van der Waals surface area contributed by atoms with Gasteiger partial charge in [0.05, 0.1) is 6.10 Å². The molecule has 0 radical (unpaired) electrons. The summed E-state index contributed by atoms with van der Waals surface area (Å²) in [6.07, 6.45) is -3.17. The van der Waals surface area contributed by atoms with Crippen molar-refractivity contribution in [3.05, 3.63) is 0 Å². The number of hydrogen-bond donors (Lipinski definition) is 3. The zero-order chi connectivity index (χ0) is 14.2. The zero-order valence-electron chi connectivity index (χ0n) is 11.4. The molecule has 3 unspecified atom stereocenters. The molecule has 110 valence electrons. The van der Waals surface area contributed by atoms with Crippen LogP contribution in [-0.4, -0.2) is 74.9 Å². The normalized spacial score (nSPS) is 39.7. The Morgan fingerprint density at radius 3 is 2.63 bits per heavy atom. The van der Waals surface area contributed by atoms with Crippen LogP contribution in [0.3, 0.4) is 0 Å². The highest BCUT2D eigenvalue weighted by atomic mass is 32.2. The van der Waals surface area contributed by atoms with Gasteiger partial charge in [0.1, 0.15) is 29.8 Å². The van der Waals surface area contributed by atoms with Gasteiger partial charge in [0.15, 0.2) is 5.17 Å². The van der Waals surface area contributed by atoms with Crippen LogP contribution in [0, 0.1) is 0 Å². The molecular weight excluding hydrogens is 268 g/mol. The number of aliphatic imine (C=N–C) groups is 1. The molecule has 19 heavy (non-hydrogen) atoms. The van der Waals surface area contributed by atoms with E-state index in [0.29, 0.717) is 6.42 Å². The standard InChI is InChI=1S/C12H22N2O4S/c1-4-6(15)10-9(17)8(16)7-11(18-10)19-12(13-7)14(3)5-2/h6-11,15-17H,4-5H2,1-3H3/t6-,7-,8?,9+,10?,11?/m1/s1. The molecule has 0 aromatic rings. The molecule has 2 heterocycles. The van der Waals surface area contributed by atoms with E-state index >= 15 is 0 Å². The van der Waals surface area contributed by atoms with Gasteiger partial charge < -0.3 is 25.0 Å². The first-order valence-electron chi connectivity index (χ1n) is 6.64. The maximum absolute atomic E-state index is 10.2. The van der Waals surface area contributed by atoms with Gasteiger partial charge in [-0.3, -0.25) is 4.99 Å². The topological polar surface area (TPSA) is 85.5 Å². The van der Waals surface area contributed by atoms with E-state index in [1.54, 1.807) is 0 Å². The smallest absolute Gasteiger partial charge is 0.162 e. The van der Waals surface area contributed by atoms with Crippen LogP contribution >= 0.6 is 11.8 Å². The maximum atomic E-state index is 10.2. The van der Waals surface area contributed by atoms with E-state index in [2.05, 4.69) is 4.99 Å². The molecule has 1 saturated heterocycles. The number of aliphatic hydroxyl groups is 3. The second-order valence-corrected chi connectivity index (χ2v) is 6.03. The summed E-state index contributed by atoms with van der Waals surface area (Å²) in [4.78, 5) is 6.39. The van der Waals surface area contributed by atoms with E-state index in [1.165, 1.54) is 11.8 Å². The van der Waals surface area contributed by atoms with E-state index < -0.39 is 30.5 Å². The highest BCUT2D eigenvalue weighted by Crippen LogP contribution is 2.38. The van der Waals surface area contributed by atoms with Crippen molar-refractivity contribution in [2.45, 2.75) is 56.2 Å². The van der Waals surface area contributed by atoms with Gasteiger partial charge in [-0.15, -0.1) is 0 Å². The third-order valence-corrected chi connectivity index (χ3v) is 4.94. The zero-order valence-corrected chi connectivity index (χ0v) is 12.2. The molecule has 0 aromatic heterocycles. The van der Waals surface area contributed by atoms with Crippen molar-refractivity contribution < 1.29 is 20.1 Å². The molecule has 7 heteroatoms. The molecule has 0 amide bonds. The van der Waals surface area contributed by atoms with Gasteiger partial charge in [0.2, 0.25) is 0 Å². The van der Waals surface area contributed by atoms with Crippen LogP contribution in [0.25, 0.3) is 0 Å². The van der Waals surface area contributed by atoms with E-state index in [-0.39, 0.29) is 5.44 Å². The molecule has 3 N–H and O–H groups in total. The lowest BCUT2D eigenvalue weighted by Crippen LogP contribution is -2.58. The molecule has 0 aromatic carbocycles. The predicted molar refractivity (Wildman–Crippen MR) is 74.1 cm³/mol. The summed E-state index contributed by atoms with van der Waals surface area (Å²) in [7, 11) is 1.92. The minimum Gasteiger partial charge on any atom is -0.390 e. The maximum Gasteiger partial charge on any atom is 0.162 e. The number of aliphatic hydroxyl groups excluding tert-OH is 3. The van der Waals surface area contributed by atoms with Crippen molar-refractivity contribution in [1.29, 1.82) is 0 Å². The SMILES string of the molecule is CC[C@@H](O)C1OC2SC(N(C)CC)=N[C@@H]2C(O)[C@@H]1O. The van der Waals surface area contributed by atoms with Gasteiger partial charge >= 0.3 is 0 Å². The second-order valence-electron chi connectivity index (χ2n) is 4.96. The Morgan fingerprint density at radius 2 is 2.05 bits per heavy atom. The van der Waals surface area contributed by atoms with Gasteiger partial charge in [0, 0.05) is 13.6 Å². The molecule has 0 spiro atoms. The predicted octanol–water partition coefficient (Wildman–Crippen LogP) is -0.373. The van der Waals surface area contributed by atoms with Crippen LogP contribution in [0.1, 0.15) is 20.3 Å². The average Bonchev–Trinajstić information content (AvgIpc) is 2.85. The minimum absolute atomic E-state index is 0.339. The summed E-state index contributed by atoms with van der Waals surface area (Å²) in [6, 6.07) is -0.468. The first-order valence-corrected chi connectivity index (χ1v) is 7.52. The number of rotatable bonds is 3. The monoisotopic (exact) mass is 290 g/mol. The van der Waals surface area contributed by atoms with Crippen LogP contribution in [-0.2, 0) is 4.74 Å². The first-order chi connectivity index (χ1) is 8.99. The minimum atomic E-state index is -1.10. The molecule has 0 saturated carbocycles. The number of ether oxygens (including phenoxy) is 1. The van der Waals surface area contributed by atoms with Crippen LogP contribution in [0.4, 0.5) is 0 Å². The molecular formula is C12H22N2O4S. The molecule has 2 aliphatic heterocycles. The number of thioether (sulfide) groups is 1. The van der Waals surface area contributed by atoms with Crippen LogP contribution in [0.5, 0.6) is 0 Å². The van der Waals surface area contributed by atoms with E-state index in [1.807, 2.05) is 25.8 Å². The molecule has 6 nitrogen and oxygen atoms in total. The lowest BCUT2D eigenvalue weighted by atomic mass is 9.94. The van der Waals surface area contributed by atoms with Gasteiger partial charge in [-0.25, -0.2) is 0 Å². The Bertz CT molecular complexity index is 355. The van der Waals surface area contributed by atoms with Gasteiger partial charge in [-0.1, -0.05) is 18.7 Å². The third kappa shape index (κ3) is 2.75. The van der Waals surface area contributed by atoms with E-state index in [4.69, 9.17) is 4.74 Å². The van der Waals surface area contributed by atoms with Crippen molar-refractivity contribution in [3.63, 3.8) is 0 Å². The molecule has 2 rings (SSSR count). The largest absolute Gasteiger partial charge is 0.390 e. The van der Waals surface area contributed by atoms with Crippen LogP contribution < -0.4 is 0 Å². The summed E-state index contributed by atoms with van der Waals surface area (Å²) in [5.41, 5.74) is -0.339. The van der Waals surface area contributed by atoms with Crippen molar-refractivity contribution in [2.24, 2.45) is 4.99 Å². The molecule has 1 fully saturated rings. The summed E-state index contributed by atoms with van der Waals surface area (Å²) in [5.74, 6) is 0. The lowest BCUT2D eigenvalue weighted by Gasteiger charge is -2.40. The lowest BCUT2D eigenvalue weighted by molar-refractivity contribution is -0.185. The van der Waals surface area contributed by atoms with Crippen LogP contribution in [0.15, 0.2) is 4.99 Å². The summed E-state index contributed by atoms with van der Waals surface area (Å²) in [5, 5.41) is 30.9. The van der Waals surface area contributed by atoms with Crippen LogP contribution in [0.2, 0.25) is 0 Å². The van der Waals surface area contributed by atoms with Crippen molar-refractivity contribution >= 4 is 16.9 Å². The van der Waals surface area contributed by atoms with Gasteiger partial charge in [0.25, 0.3) is 0 Å². The summed E-state index contributed by atoms with van der Waals surface area (Å²) in [6.45, 7) is 4.64. The van der Waals surface area contributed by atoms with Crippen molar-refractivity contribution in [3.8, 4) is 0 Å². The molecule has 0 bridgehead atoms. The average molecular weight is 290 g/mol.